The maximum atomic E-state index is 12.8. The molecule has 0 saturated heterocycles. The van der Waals surface area contributed by atoms with Gasteiger partial charge >= 0.3 is 5.97 Å². The lowest BCUT2D eigenvalue weighted by Gasteiger charge is -2.26. The Morgan fingerprint density at radius 1 is 0.848 bits per heavy atom. The molecule has 4 amide bonds. The summed E-state index contributed by atoms with van der Waals surface area (Å²) in [6.07, 6.45) is 1.09. The molecule has 0 radical (unpaired) electrons. The minimum atomic E-state index is -1.28. The third-order valence-corrected chi connectivity index (χ3v) is 4.75. The molecule has 0 heterocycles. The van der Waals surface area contributed by atoms with Gasteiger partial charge in [-0.05, 0) is 44.6 Å². The molecule has 0 fully saturated rings. The van der Waals surface area contributed by atoms with Gasteiger partial charge in [-0.2, -0.15) is 0 Å². The highest BCUT2D eigenvalue weighted by Gasteiger charge is 2.30. The van der Waals surface area contributed by atoms with Crippen molar-refractivity contribution < 1.29 is 34.2 Å². The Balaban J connectivity index is 5.45. The van der Waals surface area contributed by atoms with E-state index >= 15 is 0 Å². The average Bonchev–Trinajstić information content (AvgIpc) is 2.73. The van der Waals surface area contributed by atoms with E-state index in [0.29, 0.717) is 19.4 Å². The molecule has 4 atom stereocenters. The number of aliphatic hydroxyl groups is 1. The summed E-state index contributed by atoms with van der Waals surface area (Å²) in [5.41, 5.74) is 16.0. The summed E-state index contributed by atoms with van der Waals surface area (Å²) in [6.45, 7) is 3.36. The standard InChI is InChI=1S/C20H38N6O7/c1-11(2)9-15(19(31)25-14(20(32)33)5-3-4-8-21)26-18(30)13(6-7-16(23)28)24-17(29)12(22)10-27/h11-15,27H,3-10,21-22H2,1-2H3,(H2,23,28)(H,24,29)(H,25,31)(H,26,30)(H,32,33). The van der Waals surface area contributed by atoms with Gasteiger partial charge in [-0.15, -0.1) is 0 Å². The number of rotatable bonds is 17. The molecule has 11 N–H and O–H groups in total. The van der Waals surface area contributed by atoms with E-state index in [1.54, 1.807) is 0 Å². The number of carbonyl (C=O) groups is 5. The Labute approximate surface area is 193 Å². The van der Waals surface area contributed by atoms with Crippen LogP contribution in [0.15, 0.2) is 0 Å². The third kappa shape index (κ3) is 12.7. The lowest BCUT2D eigenvalue weighted by molar-refractivity contribution is -0.142. The molecule has 0 aliphatic carbocycles. The summed E-state index contributed by atoms with van der Waals surface area (Å²) in [6, 6.07) is -4.77. The zero-order chi connectivity index (χ0) is 25.6. The lowest BCUT2D eigenvalue weighted by Crippen LogP contribution is -2.57. The predicted octanol–water partition coefficient (Wildman–Crippen LogP) is -2.71. The lowest BCUT2D eigenvalue weighted by atomic mass is 10.0. The summed E-state index contributed by atoms with van der Waals surface area (Å²) in [7, 11) is 0. The first kappa shape index (κ1) is 30.2. The fraction of sp³-hybridized carbons (Fsp3) is 0.750. The smallest absolute Gasteiger partial charge is 0.326 e. The monoisotopic (exact) mass is 474 g/mol. The van der Waals surface area contributed by atoms with Gasteiger partial charge in [0.1, 0.15) is 24.2 Å². The molecule has 0 rings (SSSR count). The number of aliphatic hydroxyl groups excluding tert-OH is 1. The first-order valence-corrected chi connectivity index (χ1v) is 10.9. The molecular weight excluding hydrogens is 436 g/mol. The Morgan fingerprint density at radius 3 is 1.88 bits per heavy atom. The molecule has 0 aromatic heterocycles. The van der Waals surface area contributed by atoms with E-state index in [4.69, 9.17) is 22.3 Å². The van der Waals surface area contributed by atoms with Crippen LogP contribution in [0.1, 0.15) is 52.4 Å². The van der Waals surface area contributed by atoms with Crippen LogP contribution >= 0.6 is 0 Å². The Bertz CT molecular complexity index is 673. The second kappa shape index (κ2) is 15.9. The van der Waals surface area contributed by atoms with Crippen molar-refractivity contribution in [3.05, 3.63) is 0 Å². The Kier molecular flexibility index (Phi) is 14.6. The van der Waals surface area contributed by atoms with Gasteiger partial charge in [0.2, 0.25) is 23.6 Å². The number of nitrogens with one attached hydrogen (secondary N) is 3. The SMILES string of the molecule is CC(C)CC(NC(=O)C(CCC(N)=O)NC(=O)C(N)CO)C(=O)NC(CCCCN)C(=O)O. The number of hydrogen-bond donors (Lipinski definition) is 8. The number of carboxylic acid groups (broad SMARTS) is 1. The largest absolute Gasteiger partial charge is 0.480 e. The summed E-state index contributed by atoms with van der Waals surface area (Å²) >= 11 is 0. The van der Waals surface area contributed by atoms with Gasteiger partial charge in [0.15, 0.2) is 0 Å². The van der Waals surface area contributed by atoms with E-state index in [-0.39, 0.29) is 31.6 Å². The molecule has 0 aromatic carbocycles. The zero-order valence-electron chi connectivity index (χ0n) is 19.2. The molecule has 190 valence electrons. The maximum Gasteiger partial charge on any atom is 0.326 e. The van der Waals surface area contributed by atoms with Crippen LogP contribution in [-0.2, 0) is 24.0 Å². The number of aliphatic carboxylic acids is 1. The quantitative estimate of drug-likeness (QED) is 0.102. The fourth-order valence-electron chi connectivity index (χ4n) is 2.91. The average molecular weight is 475 g/mol. The minimum Gasteiger partial charge on any atom is -0.480 e. The van der Waals surface area contributed by atoms with E-state index in [1.807, 2.05) is 13.8 Å². The molecule has 0 saturated carbocycles. The predicted molar refractivity (Wildman–Crippen MR) is 119 cm³/mol. The second-order valence-corrected chi connectivity index (χ2v) is 8.23. The molecule has 0 spiro atoms. The van der Waals surface area contributed by atoms with Gasteiger partial charge in [0.25, 0.3) is 0 Å². The molecular formula is C20H38N6O7. The van der Waals surface area contributed by atoms with Gasteiger partial charge in [-0.1, -0.05) is 13.8 Å². The fourth-order valence-corrected chi connectivity index (χ4v) is 2.91. The third-order valence-electron chi connectivity index (χ3n) is 4.75. The molecule has 13 nitrogen and oxygen atoms in total. The van der Waals surface area contributed by atoms with E-state index in [1.165, 1.54) is 0 Å². The van der Waals surface area contributed by atoms with Gasteiger partial charge in [0, 0.05) is 6.42 Å². The zero-order valence-corrected chi connectivity index (χ0v) is 19.2. The Morgan fingerprint density at radius 2 is 1.39 bits per heavy atom. The molecule has 13 heteroatoms. The summed E-state index contributed by atoms with van der Waals surface area (Å²) < 4.78 is 0. The van der Waals surface area contributed by atoms with Crippen molar-refractivity contribution in [2.24, 2.45) is 23.1 Å². The van der Waals surface area contributed by atoms with Crippen LogP contribution in [0.5, 0.6) is 0 Å². The maximum absolute atomic E-state index is 12.8. The van der Waals surface area contributed by atoms with Gasteiger partial charge in [0.05, 0.1) is 6.61 Å². The molecule has 0 bridgehead atoms. The van der Waals surface area contributed by atoms with E-state index in [0.717, 1.165) is 0 Å². The van der Waals surface area contributed by atoms with Crippen LogP contribution in [0, 0.1) is 5.92 Å². The number of carboxylic acids is 1. The molecule has 0 aliphatic rings. The van der Waals surface area contributed by atoms with Gasteiger partial charge in [-0.3, -0.25) is 19.2 Å². The van der Waals surface area contributed by atoms with Crippen molar-refractivity contribution in [2.75, 3.05) is 13.2 Å². The molecule has 4 unspecified atom stereocenters. The number of hydrogen-bond acceptors (Lipinski definition) is 8. The van der Waals surface area contributed by atoms with Gasteiger partial charge in [-0.25, -0.2) is 4.79 Å². The Hall–Kier alpha value is -2.77. The van der Waals surface area contributed by atoms with E-state index in [9.17, 15) is 29.1 Å². The van der Waals surface area contributed by atoms with Crippen molar-refractivity contribution in [1.82, 2.24) is 16.0 Å². The van der Waals surface area contributed by atoms with Crippen molar-refractivity contribution in [3.63, 3.8) is 0 Å². The van der Waals surface area contributed by atoms with E-state index in [2.05, 4.69) is 16.0 Å². The second-order valence-electron chi connectivity index (χ2n) is 8.23. The van der Waals surface area contributed by atoms with Crippen LogP contribution in [0.25, 0.3) is 0 Å². The summed E-state index contributed by atoms with van der Waals surface area (Å²) in [5, 5.41) is 25.7. The molecule has 0 aromatic rings. The normalized spacial score (nSPS) is 14.6. The highest BCUT2D eigenvalue weighted by atomic mass is 16.4. The first-order chi connectivity index (χ1) is 15.4. The highest BCUT2D eigenvalue weighted by Crippen LogP contribution is 2.09. The van der Waals surface area contributed by atoms with Crippen LogP contribution in [0.3, 0.4) is 0 Å². The van der Waals surface area contributed by atoms with Crippen LogP contribution in [0.2, 0.25) is 0 Å². The van der Waals surface area contributed by atoms with Crippen LogP contribution < -0.4 is 33.2 Å². The first-order valence-electron chi connectivity index (χ1n) is 10.9. The van der Waals surface area contributed by atoms with Crippen molar-refractivity contribution in [2.45, 2.75) is 76.5 Å². The van der Waals surface area contributed by atoms with Crippen LogP contribution in [-0.4, -0.2) is 77.1 Å². The van der Waals surface area contributed by atoms with Gasteiger partial charge < -0.3 is 43.4 Å². The van der Waals surface area contributed by atoms with Crippen LogP contribution in [0.4, 0.5) is 0 Å². The van der Waals surface area contributed by atoms with Crippen molar-refractivity contribution in [3.8, 4) is 0 Å². The van der Waals surface area contributed by atoms with E-state index < -0.39 is 60.4 Å². The summed E-state index contributed by atoms with van der Waals surface area (Å²) in [4.78, 5) is 60.3. The number of unbranched alkanes of at least 4 members (excludes halogenated alkanes) is 1. The van der Waals surface area contributed by atoms with Crippen molar-refractivity contribution in [1.29, 1.82) is 0 Å². The summed E-state index contributed by atoms with van der Waals surface area (Å²) in [5.74, 6) is -4.23. The highest BCUT2D eigenvalue weighted by molar-refractivity contribution is 5.94. The number of nitrogens with two attached hydrogens (primary N) is 3. The number of amides is 4. The molecule has 33 heavy (non-hydrogen) atoms. The number of primary amides is 1. The van der Waals surface area contributed by atoms with Crippen molar-refractivity contribution >= 4 is 29.6 Å². The number of carbonyl (C=O) groups excluding carboxylic acids is 4. The molecule has 0 aliphatic heterocycles. The minimum absolute atomic E-state index is 0.0389. The topological polar surface area (TPSA) is 240 Å².